The zero-order chi connectivity index (χ0) is 19.5. The van der Waals surface area contributed by atoms with Crippen molar-refractivity contribution in [3.63, 3.8) is 0 Å². The van der Waals surface area contributed by atoms with E-state index in [0.29, 0.717) is 17.4 Å². The minimum atomic E-state index is -0.558. The Labute approximate surface area is 164 Å². The Hall–Kier alpha value is -3.06. The number of ether oxygens (including phenoxy) is 1. The molecule has 1 N–H and O–H groups in total. The van der Waals surface area contributed by atoms with E-state index in [4.69, 9.17) is 16.3 Å². The van der Waals surface area contributed by atoms with E-state index in [1.54, 1.807) is 18.3 Å². The van der Waals surface area contributed by atoms with Crippen molar-refractivity contribution in [2.24, 2.45) is 0 Å². The summed E-state index contributed by atoms with van der Waals surface area (Å²) in [5.74, 6) is 0.477. The number of H-pyrrole nitrogens is 1. The van der Waals surface area contributed by atoms with Crippen molar-refractivity contribution in [1.82, 2.24) is 24.9 Å². The zero-order valence-electron chi connectivity index (χ0n) is 15.1. The van der Waals surface area contributed by atoms with Crippen LogP contribution in [0.2, 0.25) is 5.15 Å². The molecule has 0 aliphatic carbocycles. The Bertz CT molecular complexity index is 1190. The molecule has 0 amide bonds. The molecule has 4 heterocycles. The van der Waals surface area contributed by atoms with Crippen LogP contribution in [-0.2, 0) is 5.41 Å². The van der Waals surface area contributed by atoms with Crippen molar-refractivity contribution in [2.45, 2.75) is 25.2 Å². The van der Waals surface area contributed by atoms with E-state index in [9.17, 15) is 4.39 Å². The third-order valence-electron chi connectivity index (χ3n) is 5.17. The van der Waals surface area contributed by atoms with Crippen LogP contribution in [-0.4, -0.2) is 24.9 Å². The second-order valence-electron chi connectivity index (χ2n) is 7.29. The predicted molar refractivity (Wildman–Crippen MR) is 102 cm³/mol. The van der Waals surface area contributed by atoms with Gasteiger partial charge in [-0.3, -0.25) is 0 Å². The summed E-state index contributed by atoms with van der Waals surface area (Å²) in [5, 5.41) is 0.286. The lowest BCUT2D eigenvalue weighted by molar-refractivity contribution is 0.353. The molecule has 1 aromatic carbocycles. The molecule has 0 bridgehead atoms. The lowest BCUT2D eigenvalue weighted by Gasteiger charge is -2.37. The van der Waals surface area contributed by atoms with Crippen LogP contribution in [0.15, 0.2) is 42.9 Å². The van der Waals surface area contributed by atoms with Crippen LogP contribution in [0.3, 0.4) is 0 Å². The van der Waals surface area contributed by atoms with Gasteiger partial charge in [0.2, 0.25) is 5.88 Å². The molecule has 1 unspecified atom stereocenters. The van der Waals surface area contributed by atoms with Gasteiger partial charge in [-0.05, 0) is 18.2 Å². The van der Waals surface area contributed by atoms with E-state index in [0.717, 1.165) is 16.6 Å². The number of hydrogen-bond acceptors (Lipinski definition) is 5. The highest BCUT2D eigenvalue weighted by Gasteiger charge is 2.43. The summed E-state index contributed by atoms with van der Waals surface area (Å²) >= 11 is 6.06. The topological polar surface area (TPSA) is 76.6 Å². The molecule has 5 rings (SSSR count). The Morgan fingerprint density at radius 3 is 2.82 bits per heavy atom. The summed E-state index contributed by atoms with van der Waals surface area (Å²) in [4.78, 5) is 20.5. The van der Waals surface area contributed by atoms with Crippen LogP contribution in [0.25, 0.3) is 11.2 Å². The van der Waals surface area contributed by atoms with Crippen molar-refractivity contribution in [3.05, 3.63) is 70.8 Å². The van der Waals surface area contributed by atoms with Gasteiger partial charge < -0.3 is 9.72 Å². The Balaban J connectivity index is 1.75. The van der Waals surface area contributed by atoms with Crippen molar-refractivity contribution in [3.8, 4) is 11.6 Å². The molecule has 0 fully saturated rings. The summed E-state index contributed by atoms with van der Waals surface area (Å²) in [5.41, 5.74) is 2.31. The average molecular weight is 396 g/mol. The van der Waals surface area contributed by atoms with E-state index < -0.39 is 11.2 Å². The minimum absolute atomic E-state index is 0.166. The van der Waals surface area contributed by atoms with Crippen LogP contribution in [0.1, 0.15) is 36.7 Å². The highest BCUT2D eigenvalue weighted by molar-refractivity contribution is 6.29. The van der Waals surface area contributed by atoms with E-state index in [1.807, 2.05) is 26.0 Å². The first-order valence-electron chi connectivity index (χ1n) is 8.74. The number of imidazole rings is 1. The Kier molecular flexibility index (Phi) is 3.64. The average Bonchev–Trinajstić information content (AvgIpc) is 3.12. The molecular weight excluding hydrogens is 381 g/mol. The maximum atomic E-state index is 14.6. The highest BCUT2D eigenvalue weighted by Crippen LogP contribution is 2.52. The van der Waals surface area contributed by atoms with Crippen LogP contribution in [0, 0.1) is 5.82 Å². The van der Waals surface area contributed by atoms with Gasteiger partial charge in [-0.2, -0.15) is 0 Å². The number of nitrogens with zero attached hydrogens (tertiary/aromatic N) is 4. The predicted octanol–water partition coefficient (Wildman–Crippen LogP) is 4.76. The van der Waals surface area contributed by atoms with Crippen molar-refractivity contribution in [2.75, 3.05) is 0 Å². The number of para-hydroxylation sites is 1. The summed E-state index contributed by atoms with van der Waals surface area (Å²) in [6.45, 7) is 4.09. The molecule has 3 aromatic heterocycles. The zero-order valence-corrected chi connectivity index (χ0v) is 15.8. The molecule has 28 heavy (non-hydrogen) atoms. The van der Waals surface area contributed by atoms with Gasteiger partial charge in [-0.1, -0.05) is 37.6 Å². The molecule has 4 aromatic rings. The van der Waals surface area contributed by atoms with E-state index in [2.05, 4.69) is 24.9 Å². The number of fused-ring (bicyclic) bond motifs is 3. The van der Waals surface area contributed by atoms with Gasteiger partial charge in [0.25, 0.3) is 0 Å². The normalized spacial score (nSPS) is 15.8. The van der Waals surface area contributed by atoms with Crippen LogP contribution < -0.4 is 4.74 Å². The first-order chi connectivity index (χ1) is 13.4. The number of aromatic amines is 1. The summed E-state index contributed by atoms with van der Waals surface area (Å²) in [6, 6.07) is 8.49. The number of aromatic nitrogens is 5. The molecule has 0 saturated heterocycles. The lowest BCUT2D eigenvalue weighted by atomic mass is 9.70. The van der Waals surface area contributed by atoms with Crippen LogP contribution >= 0.6 is 11.6 Å². The maximum absolute atomic E-state index is 14.6. The van der Waals surface area contributed by atoms with Gasteiger partial charge in [0.1, 0.15) is 22.8 Å². The number of hydrogen-bond donors (Lipinski definition) is 1. The van der Waals surface area contributed by atoms with Crippen molar-refractivity contribution < 1.29 is 9.13 Å². The second kappa shape index (κ2) is 5.97. The number of pyridine rings is 1. The molecule has 6 nitrogen and oxygen atoms in total. The Morgan fingerprint density at radius 1 is 1.14 bits per heavy atom. The molecular formula is C20H15ClFN5O. The fraction of sp³-hybridized carbons (Fsp3) is 0.200. The third-order valence-corrected chi connectivity index (χ3v) is 5.38. The van der Waals surface area contributed by atoms with Gasteiger partial charge in [-0.15, -0.1) is 0 Å². The lowest BCUT2D eigenvalue weighted by Crippen LogP contribution is -2.32. The van der Waals surface area contributed by atoms with Gasteiger partial charge in [-0.25, -0.2) is 24.3 Å². The Morgan fingerprint density at radius 2 is 2.00 bits per heavy atom. The van der Waals surface area contributed by atoms with Crippen molar-refractivity contribution >= 4 is 22.8 Å². The molecule has 1 aliphatic rings. The van der Waals surface area contributed by atoms with Crippen LogP contribution in [0.5, 0.6) is 11.6 Å². The molecule has 0 radical (unpaired) electrons. The molecule has 8 heteroatoms. The second-order valence-corrected chi connectivity index (χ2v) is 7.68. The first-order valence-corrected chi connectivity index (χ1v) is 9.12. The van der Waals surface area contributed by atoms with E-state index in [-0.39, 0.29) is 16.8 Å². The number of halogens is 2. The van der Waals surface area contributed by atoms with Crippen LogP contribution in [0.4, 0.5) is 4.39 Å². The summed E-state index contributed by atoms with van der Waals surface area (Å²) in [7, 11) is 0. The fourth-order valence-corrected chi connectivity index (χ4v) is 3.98. The molecule has 0 spiro atoms. The van der Waals surface area contributed by atoms with E-state index >= 15 is 0 Å². The van der Waals surface area contributed by atoms with Gasteiger partial charge in [0.05, 0.1) is 6.20 Å². The highest BCUT2D eigenvalue weighted by atomic mass is 35.5. The molecule has 1 atom stereocenters. The van der Waals surface area contributed by atoms with Gasteiger partial charge >= 0.3 is 0 Å². The number of benzene rings is 1. The molecule has 140 valence electrons. The summed E-state index contributed by atoms with van der Waals surface area (Å²) in [6.07, 6.45) is 3.14. The number of nitrogens with one attached hydrogen (secondary N) is 1. The standard InChI is InChI=1S/C20H15ClFN5O/c1-20(2,19-25-13-8-23-9-24-17(13)27-19)15-10-4-3-5-12(22)16(10)28-18-11(15)6-7-14(21)26-18/h3-9,15H,1-2H3,(H,23,24,25,27). The monoisotopic (exact) mass is 395 g/mol. The van der Waals surface area contributed by atoms with Gasteiger partial charge in [0, 0.05) is 22.5 Å². The fourth-order valence-electron chi connectivity index (χ4n) is 3.84. The molecule has 0 saturated carbocycles. The smallest absolute Gasteiger partial charge is 0.224 e. The van der Waals surface area contributed by atoms with E-state index in [1.165, 1.54) is 12.4 Å². The van der Waals surface area contributed by atoms with Crippen molar-refractivity contribution in [1.29, 1.82) is 0 Å². The summed E-state index contributed by atoms with van der Waals surface area (Å²) < 4.78 is 20.4. The number of rotatable bonds is 2. The largest absolute Gasteiger partial charge is 0.435 e. The first kappa shape index (κ1) is 17.1. The van der Waals surface area contributed by atoms with Gasteiger partial charge in [0.15, 0.2) is 17.2 Å². The molecule has 1 aliphatic heterocycles. The quantitative estimate of drug-likeness (QED) is 0.495. The third kappa shape index (κ3) is 2.46. The SMILES string of the molecule is CC(C)(c1nc2ncncc2[nH]1)C1c2ccc(Cl)nc2Oc2c(F)cccc21. The maximum Gasteiger partial charge on any atom is 0.224 e. The minimum Gasteiger partial charge on any atom is -0.435 e.